The van der Waals surface area contributed by atoms with Gasteiger partial charge in [0.1, 0.15) is 11.6 Å². The zero-order chi connectivity index (χ0) is 15.5. The maximum Gasteiger partial charge on any atom is 0.261 e. The van der Waals surface area contributed by atoms with Crippen LogP contribution in [0.3, 0.4) is 0 Å². The highest BCUT2D eigenvalue weighted by molar-refractivity contribution is 7.20. The molecule has 22 heavy (non-hydrogen) atoms. The van der Waals surface area contributed by atoms with Crippen LogP contribution < -0.4 is 10.1 Å². The van der Waals surface area contributed by atoms with Gasteiger partial charge in [-0.05, 0) is 24.3 Å². The molecule has 1 aromatic heterocycles. The lowest BCUT2D eigenvalue weighted by Crippen LogP contribution is -2.22. The Morgan fingerprint density at radius 3 is 2.82 bits per heavy atom. The van der Waals surface area contributed by atoms with E-state index in [9.17, 15) is 9.18 Å². The minimum Gasteiger partial charge on any atom is -0.496 e. The van der Waals surface area contributed by atoms with E-state index in [0.29, 0.717) is 16.8 Å². The summed E-state index contributed by atoms with van der Waals surface area (Å²) < 4.78 is 19.7. The highest BCUT2D eigenvalue weighted by Crippen LogP contribution is 2.27. The number of fused-ring (bicyclic) bond motifs is 1. The molecule has 3 nitrogen and oxygen atoms in total. The summed E-state index contributed by atoms with van der Waals surface area (Å²) >= 11 is 1.28. The van der Waals surface area contributed by atoms with Crippen molar-refractivity contribution in [2.24, 2.45) is 0 Å². The van der Waals surface area contributed by atoms with E-state index in [2.05, 4.69) is 5.32 Å². The van der Waals surface area contributed by atoms with Crippen molar-refractivity contribution in [1.29, 1.82) is 0 Å². The number of carbonyl (C=O) groups excluding carboxylic acids is 1. The Morgan fingerprint density at radius 1 is 1.23 bits per heavy atom. The van der Waals surface area contributed by atoms with Gasteiger partial charge in [-0.25, -0.2) is 4.39 Å². The monoisotopic (exact) mass is 315 g/mol. The Morgan fingerprint density at radius 2 is 2.05 bits per heavy atom. The largest absolute Gasteiger partial charge is 0.496 e. The van der Waals surface area contributed by atoms with Gasteiger partial charge in [-0.1, -0.05) is 24.3 Å². The number of ether oxygens (including phenoxy) is 1. The average molecular weight is 315 g/mol. The van der Waals surface area contributed by atoms with Crippen molar-refractivity contribution in [3.05, 3.63) is 64.8 Å². The van der Waals surface area contributed by atoms with Gasteiger partial charge in [0.15, 0.2) is 0 Å². The molecule has 0 aliphatic rings. The second-order valence-corrected chi connectivity index (χ2v) is 5.84. The number of nitrogens with one attached hydrogen (secondary N) is 1. The molecule has 2 aromatic carbocycles. The van der Waals surface area contributed by atoms with Gasteiger partial charge < -0.3 is 10.1 Å². The van der Waals surface area contributed by atoms with Crippen LogP contribution in [0.2, 0.25) is 0 Å². The fourth-order valence-electron chi connectivity index (χ4n) is 2.25. The summed E-state index contributed by atoms with van der Waals surface area (Å²) in [5.74, 6) is 0.203. The van der Waals surface area contributed by atoms with Crippen LogP contribution in [-0.4, -0.2) is 13.0 Å². The van der Waals surface area contributed by atoms with Gasteiger partial charge in [-0.15, -0.1) is 11.3 Å². The number of hydrogen-bond donors (Lipinski definition) is 1. The molecule has 3 rings (SSSR count). The molecule has 0 saturated heterocycles. The predicted octanol–water partition coefficient (Wildman–Crippen LogP) is 3.98. The first kappa shape index (κ1) is 14.5. The second-order valence-electron chi connectivity index (χ2n) is 4.76. The molecule has 0 aliphatic heterocycles. The highest BCUT2D eigenvalue weighted by Gasteiger charge is 2.12. The van der Waals surface area contributed by atoms with E-state index < -0.39 is 0 Å². The standard InChI is InChI=1S/C17H14FNO2S/c1-21-14-7-3-2-5-11(14)10-19-17(20)16-9-12-13(18)6-4-8-15(12)22-16/h2-9H,10H2,1H3,(H,19,20). The van der Waals surface area contributed by atoms with Crippen LogP contribution in [0.1, 0.15) is 15.2 Å². The molecule has 0 atom stereocenters. The minimum absolute atomic E-state index is 0.216. The maximum absolute atomic E-state index is 13.7. The molecule has 0 aliphatic carbocycles. The quantitative estimate of drug-likeness (QED) is 0.791. The van der Waals surface area contributed by atoms with E-state index in [-0.39, 0.29) is 11.7 Å². The molecule has 1 N–H and O–H groups in total. The summed E-state index contributed by atoms with van der Waals surface area (Å²) in [6, 6.07) is 13.9. The van der Waals surface area contributed by atoms with Gasteiger partial charge in [0.25, 0.3) is 5.91 Å². The number of hydrogen-bond acceptors (Lipinski definition) is 3. The predicted molar refractivity (Wildman–Crippen MR) is 85.9 cm³/mol. The lowest BCUT2D eigenvalue weighted by molar-refractivity contribution is 0.0955. The third kappa shape index (κ3) is 2.80. The molecule has 0 fully saturated rings. The van der Waals surface area contributed by atoms with Gasteiger partial charge >= 0.3 is 0 Å². The van der Waals surface area contributed by atoms with E-state index in [1.54, 1.807) is 25.3 Å². The number of thiophene rings is 1. The molecule has 1 amide bonds. The Hall–Kier alpha value is -2.40. The summed E-state index contributed by atoms with van der Waals surface area (Å²) in [7, 11) is 1.59. The van der Waals surface area contributed by atoms with Crippen molar-refractivity contribution in [2.75, 3.05) is 7.11 Å². The van der Waals surface area contributed by atoms with Crippen LogP contribution in [0.4, 0.5) is 4.39 Å². The highest BCUT2D eigenvalue weighted by atomic mass is 32.1. The Kier molecular flexibility index (Phi) is 4.06. The zero-order valence-corrected chi connectivity index (χ0v) is 12.7. The molecule has 3 aromatic rings. The molecule has 0 unspecified atom stereocenters. The van der Waals surface area contributed by atoms with E-state index >= 15 is 0 Å². The molecule has 0 saturated carbocycles. The first-order valence-electron chi connectivity index (χ1n) is 6.77. The lowest BCUT2D eigenvalue weighted by atomic mass is 10.2. The number of amides is 1. The zero-order valence-electron chi connectivity index (χ0n) is 11.9. The first-order chi connectivity index (χ1) is 10.7. The van der Waals surface area contributed by atoms with Crippen molar-refractivity contribution in [3.63, 3.8) is 0 Å². The molecule has 1 heterocycles. The van der Waals surface area contributed by atoms with Crippen LogP contribution in [-0.2, 0) is 6.54 Å². The summed E-state index contributed by atoms with van der Waals surface area (Å²) in [5, 5.41) is 3.32. The second kappa shape index (κ2) is 6.15. The maximum atomic E-state index is 13.7. The molecule has 0 bridgehead atoms. The van der Waals surface area contributed by atoms with E-state index in [1.165, 1.54) is 17.4 Å². The molecule has 0 radical (unpaired) electrons. The third-order valence-electron chi connectivity index (χ3n) is 3.36. The third-order valence-corrected chi connectivity index (χ3v) is 4.46. The summed E-state index contributed by atoms with van der Waals surface area (Å²) in [6.45, 7) is 0.361. The van der Waals surface area contributed by atoms with Gasteiger partial charge in [-0.3, -0.25) is 4.79 Å². The van der Waals surface area contributed by atoms with Gasteiger partial charge in [0.05, 0.1) is 12.0 Å². The van der Waals surface area contributed by atoms with Crippen LogP contribution in [0, 0.1) is 5.82 Å². The Labute approximate surface area is 131 Å². The molecule has 5 heteroatoms. The number of para-hydroxylation sites is 1. The van der Waals surface area contributed by atoms with Crippen LogP contribution in [0.5, 0.6) is 5.75 Å². The van der Waals surface area contributed by atoms with Crippen molar-refractivity contribution < 1.29 is 13.9 Å². The molecule has 0 spiro atoms. The fourth-order valence-corrected chi connectivity index (χ4v) is 3.24. The van der Waals surface area contributed by atoms with Crippen LogP contribution in [0.15, 0.2) is 48.5 Å². The van der Waals surface area contributed by atoms with Gasteiger partial charge in [0, 0.05) is 22.2 Å². The van der Waals surface area contributed by atoms with E-state index in [4.69, 9.17) is 4.74 Å². The summed E-state index contributed by atoms with van der Waals surface area (Å²) in [5.41, 5.74) is 0.894. The first-order valence-corrected chi connectivity index (χ1v) is 7.59. The molecular weight excluding hydrogens is 301 g/mol. The number of benzene rings is 2. The number of carbonyl (C=O) groups is 1. The van der Waals surface area contributed by atoms with Gasteiger partial charge in [0.2, 0.25) is 0 Å². The molecule has 112 valence electrons. The number of rotatable bonds is 4. The normalized spacial score (nSPS) is 10.6. The van der Waals surface area contributed by atoms with Crippen molar-refractivity contribution in [2.45, 2.75) is 6.54 Å². The van der Waals surface area contributed by atoms with Crippen LogP contribution in [0.25, 0.3) is 10.1 Å². The fraction of sp³-hybridized carbons (Fsp3) is 0.118. The van der Waals surface area contributed by atoms with Crippen molar-refractivity contribution >= 4 is 27.3 Å². The lowest BCUT2D eigenvalue weighted by Gasteiger charge is -2.08. The Bertz CT molecular complexity index is 828. The minimum atomic E-state index is -0.308. The SMILES string of the molecule is COc1ccccc1CNC(=O)c1cc2c(F)cccc2s1. The van der Waals surface area contributed by atoms with E-state index in [0.717, 1.165) is 16.0 Å². The number of halogens is 1. The number of methoxy groups -OCH3 is 1. The topological polar surface area (TPSA) is 38.3 Å². The van der Waals surface area contributed by atoms with Gasteiger partial charge in [-0.2, -0.15) is 0 Å². The summed E-state index contributed by atoms with van der Waals surface area (Å²) in [6.07, 6.45) is 0. The average Bonchev–Trinajstić information content (AvgIpc) is 2.98. The van der Waals surface area contributed by atoms with Crippen molar-refractivity contribution in [3.8, 4) is 5.75 Å². The smallest absolute Gasteiger partial charge is 0.261 e. The van der Waals surface area contributed by atoms with Crippen LogP contribution >= 0.6 is 11.3 Å². The summed E-state index contributed by atoms with van der Waals surface area (Å²) in [4.78, 5) is 12.7. The Balaban J connectivity index is 1.77. The molecular formula is C17H14FNO2S. The van der Waals surface area contributed by atoms with Crippen molar-refractivity contribution in [1.82, 2.24) is 5.32 Å². The van der Waals surface area contributed by atoms with E-state index in [1.807, 2.05) is 24.3 Å².